The monoisotopic (exact) mass is 508 g/mol. The molecule has 0 unspecified atom stereocenters. The van der Waals surface area contributed by atoms with Crippen LogP contribution in [0.25, 0.3) is 39.4 Å². The third-order valence-electron chi connectivity index (χ3n) is 6.13. The van der Waals surface area contributed by atoms with Crippen molar-refractivity contribution in [2.75, 3.05) is 32.5 Å². The van der Waals surface area contributed by atoms with Crippen molar-refractivity contribution >= 4 is 22.3 Å². The molecule has 0 atom stereocenters. The molecule has 0 amide bonds. The number of aryl methyl sites for hydroxylation is 1. The van der Waals surface area contributed by atoms with Crippen LogP contribution < -0.4 is 5.32 Å². The van der Waals surface area contributed by atoms with Crippen LogP contribution in [-0.4, -0.2) is 62.2 Å². The summed E-state index contributed by atoms with van der Waals surface area (Å²) in [7, 11) is 4.00. The van der Waals surface area contributed by atoms with E-state index in [0.717, 1.165) is 34.5 Å². The Labute approximate surface area is 220 Å². The standard InChI is InChI=1S/C29H29FN8/c1-5-8-23(19-13-21(30)16-22(14-19)31-11-12-38(3)4)26-18(2)34-29(35-26)27-24-15-20(17-33-28(24)37-36-27)25-9-6-7-10-32-25/h5-10,13-17,31H,1,11-12H2,2-4H3,(H,34,35)(H,33,36,37)/b23-8-. The number of hydrogen-bond acceptors (Lipinski definition) is 6. The highest BCUT2D eigenvalue weighted by atomic mass is 19.1. The summed E-state index contributed by atoms with van der Waals surface area (Å²) in [6.07, 6.45) is 7.03. The number of aromatic nitrogens is 6. The van der Waals surface area contributed by atoms with Gasteiger partial charge in [-0.3, -0.25) is 10.1 Å². The van der Waals surface area contributed by atoms with Gasteiger partial charge in [0.15, 0.2) is 11.5 Å². The normalized spacial score (nSPS) is 11.9. The number of fused-ring (bicyclic) bond motifs is 1. The summed E-state index contributed by atoms with van der Waals surface area (Å²) in [5.74, 6) is 0.279. The van der Waals surface area contributed by atoms with Crippen LogP contribution in [-0.2, 0) is 0 Å². The van der Waals surface area contributed by atoms with Gasteiger partial charge in [0.05, 0.1) is 16.8 Å². The number of anilines is 1. The Balaban J connectivity index is 1.53. The Kier molecular flexibility index (Phi) is 7.10. The van der Waals surface area contributed by atoms with E-state index in [9.17, 15) is 4.39 Å². The van der Waals surface area contributed by atoms with E-state index in [-0.39, 0.29) is 5.82 Å². The molecular weight excluding hydrogens is 479 g/mol. The van der Waals surface area contributed by atoms with Gasteiger partial charge in [-0.05, 0) is 63.0 Å². The van der Waals surface area contributed by atoms with Gasteiger partial charge in [-0.1, -0.05) is 24.8 Å². The van der Waals surface area contributed by atoms with Gasteiger partial charge in [-0.15, -0.1) is 0 Å². The van der Waals surface area contributed by atoms with E-state index in [0.29, 0.717) is 40.7 Å². The molecular formula is C29H29FN8. The second-order valence-corrected chi connectivity index (χ2v) is 9.24. The topological polar surface area (TPSA) is 98.4 Å². The van der Waals surface area contributed by atoms with Crippen LogP contribution in [0.3, 0.4) is 0 Å². The van der Waals surface area contributed by atoms with Crippen LogP contribution >= 0.6 is 0 Å². The van der Waals surface area contributed by atoms with Gasteiger partial charge in [0, 0.05) is 48.0 Å². The average molecular weight is 509 g/mol. The second-order valence-electron chi connectivity index (χ2n) is 9.24. The molecule has 0 saturated heterocycles. The fraction of sp³-hybridized carbons (Fsp3) is 0.172. The molecule has 0 aliphatic rings. The molecule has 3 N–H and O–H groups in total. The maximum Gasteiger partial charge on any atom is 0.181 e. The second kappa shape index (κ2) is 10.8. The number of nitrogens with zero attached hydrogens (tertiary/aromatic N) is 5. The number of rotatable bonds is 9. The maximum absolute atomic E-state index is 14.7. The zero-order chi connectivity index (χ0) is 26.6. The van der Waals surface area contributed by atoms with Crippen LogP contribution in [0.15, 0.2) is 73.6 Å². The van der Waals surface area contributed by atoms with Crippen molar-refractivity contribution in [1.29, 1.82) is 0 Å². The summed E-state index contributed by atoms with van der Waals surface area (Å²) < 4.78 is 14.7. The first-order valence-electron chi connectivity index (χ1n) is 12.3. The molecule has 4 aromatic heterocycles. The fourth-order valence-electron chi connectivity index (χ4n) is 4.30. The third kappa shape index (κ3) is 5.23. The van der Waals surface area contributed by atoms with E-state index in [1.165, 1.54) is 12.1 Å². The largest absolute Gasteiger partial charge is 0.384 e. The third-order valence-corrected chi connectivity index (χ3v) is 6.13. The van der Waals surface area contributed by atoms with Crippen LogP contribution in [0.2, 0.25) is 0 Å². The highest BCUT2D eigenvalue weighted by Gasteiger charge is 2.19. The lowest BCUT2D eigenvalue weighted by Gasteiger charge is -2.13. The van der Waals surface area contributed by atoms with Gasteiger partial charge in [0.2, 0.25) is 0 Å². The number of allylic oxidation sites excluding steroid dienone is 2. The van der Waals surface area contributed by atoms with Gasteiger partial charge in [0.1, 0.15) is 11.5 Å². The van der Waals surface area contributed by atoms with Crippen LogP contribution in [0, 0.1) is 12.7 Å². The quantitative estimate of drug-likeness (QED) is 0.229. The van der Waals surface area contributed by atoms with E-state index in [1.54, 1.807) is 18.5 Å². The molecule has 5 aromatic rings. The Hall–Kier alpha value is -4.63. The Morgan fingerprint density at radius 1 is 1.16 bits per heavy atom. The molecule has 38 heavy (non-hydrogen) atoms. The zero-order valence-corrected chi connectivity index (χ0v) is 21.6. The van der Waals surface area contributed by atoms with Gasteiger partial charge in [-0.25, -0.2) is 14.4 Å². The van der Waals surface area contributed by atoms with Crippen molar-refractivity contribution in [3.8, 4) is 22.8 Å². The fourth-order valence-corrected chi connectivity index (χ4v) is 4.30. The van der Waals surface area contributed by atoms with Crippen molar-refractivity contribution in [2.45, 2.75) is 6.92 Å². The molecule has 0 fully saturated rings. The van der Waals surface area contributed by atoms with Crippen molar-refractivity contribution < 1.29 is 4.39 Å². The van der Waals surface area contributed by atoms with Crippen LogP contribution in [0.4, 0.5) is 10.1 Å². The van der Waals surface area contributed by atoms with Crippen molar-refractivity contribution in [2.24, 2.45) is 0 Å². The number of halogens is 1. The lowest BCUT2D eigenvalue weighted by molar-refractivity contribution is 0.425. The molecule has 0 bridgehead atoms. The van der Waals surface area contributed by atoms with E-state index in [1.807, 2.05) is 57.4 Å². The molecule has 0 saturated carbocycles. The van der Waals surface area contributed by atoms with Crippen molar-refractivity contribution in [1.82, 2.24) is 35.0 Å². The summed E-state index contributed by atoms with van der Waals surface area (Å²) in [6.45, 7) is 7.34. The molecule has 1 aromatic carbocycles. The number of imidazole rings is 1. The lowest BCUT2D eigenvalue weighted by Crippen LogP contribution is -2.20. The molecule has 0 spiro atoms. The molecule has 4 heterocycles. The smallest absolute Gasteiger partial charge is 0.181 e. The molecule has 8 nitrogen and oxygen atoms in total. The summed E-state index contributed by atoms with van der Waals surface area (Å²) in [4.78, 5) is 19.3. The highest BCUT2D eigenvalue weighted by molar-refractivity contribution is 5.92. The van der Waals surface area contributed by atoms with Crippen molar-refractivity contribution in [3.05, 3.63) is 96.4 Å². The first-order chi connectivity index (χ1) is 18.4. The zero-order valence-electron chi connectivity index (χ0n) is 21.6. The number of hydrogen-bond donors (Lipinski definition) is 3. The highest BCUT2D eigenvalue weighted by Crippen LogP contribution is 2.32. The number of nitrogens with one attached hydrogen (secondary N) is 3. The average Bonchev–Trinajstić information content (AvgIpc) is 3.50. The van der Waals surface area contributed by atoms with E-state index < -0.39 is 0 Å². The molecule has 0 aliphatic heterocycles. The SMILES string of the molecule is C=C/C=C(/c1cc(F)cc(NCCN(C)C)c1)c1nc(-c2[nH]nc3ncc(-c4ccccn4)cc23)[nH]c1C. The summed E-state index contributed by atoms with van der Waals surface area (Å²) in [5, 5.41) is 11.6. The van der Waals surface area contributed by atoms with E-state index >= 15 is 0 Å². The minimum Gasteiger partial charge on any atom is -0.384 e. The Morgan fingerprint density at radius 2 is 2.03 bits per heavy atom. The first-order valence-corrected chi connectivity index (χ1v) is 12.3. The predicted octanol–water partition coefficient (Wildman–Crippen LogP) is 5.45. The number of H-pyrrole nitrogens is 2. The molecule has 9 heteroatoms. The first kappa shape index (κ1) is 25.0. The number of likely N-dealkylation sites (N-methyl/N-ethyl adjacent to an activating group) is 1. The Bertz CT molecular complexity index is 1610. The van der Waals surface area contributed by atoms with Gasteiger partial charge < -0.3 is 15.2 Å². The lowest BCUT2D eigenvalue weighted by atomic mass is 10.00. The van der Waals surface area contributed by atoms with E-state index in [4.69, 9.17) is 4.98 Å². The molecule has 0 aliphatic carbocycles. The minimum absolute atomic E-state index is 0.328. The summed E-state index contributed by atoms with van der Waals surface area (Å²) in [6, 6.07) is 12.7. The molecule has 5 rings (SSSR count). The van der Waals surface area contributed by atoms with Gasteiger partial charge in [0.25, 0.3) is 0 Å². The van der Waals surface area contributed by atoms with Gasteiger partial charge in [-0.2, -0.15) is 5.10 Å². The number of pyridine rings is 2. The maximum atomic E-state index is 14.7. The van der Waals surface area contributed by atoms with Crippen molar-refractivity contribution in [3.63, 3.8) is 0 Å². The predicted molar refractivity (Wildman–Crippen MR) is 150 cm³/mol. The summed E-state index contributed by atoms with van der Waals surface area (Å²) in [5.41, 5.74) is 6.68. The minimum atomic E-state index is -0.328. The van der Waals surface area contributed by atoms with Gasteiger partial charge >= 0.3 is 0 Å². The Morgan fingerprint density at radius 3 is 2.79 bits per heavy atom. The molecule has 0 radical (unpaired) electrons. The number of benzene rings is 1. The van der Waals surface area contributed by atoms with Crippen LogP contribution in [0.5, 0.6) is 0 Å². The van der Waals surface area contributed by atoms with E-state index in [2.05, 4.69) is 41.9 Å². The van der Waals surface area contributed by atoms with Crippen LogP contribution in [0.1, 0.15) is 17.0 Å². The summed E-state index contributed by atoms with van der Waals surface area (Å²) >= 11 is 0. The number of aromatic amines is 2. The molecule has 192 valence electrons.